The van der Waals surface area contributed by atoms with Crippen LogP contribution in [0.15, 0.2) is 24.3 Å². The van der Waals surface area contributed by atoms with Crippen LogP contribution < -0.4 is 5.32 Å². The molecule has 1 aromatic carbocycles. The third-order valence-corrected chi connectivity index (χ3v) is 4.51. The minimum Gasteiger partial charge on any atom is -0.350 e. The average molecular weight is 344 g/mol. The van der Waals surface area contributed by atoms with Gasteiger partial charge in [0.15, 0.2) is 0 Å². The molecule has 0 saturated carbocycles. The molecule has 0 unspecified atom stereocenters. The van der Waals surface area contributed by atoms with Crippen LogP contribution in [-0.2, 0) is 16.1 Å². The van der Waals surface area contributed by atoms with Gasteiger partial charge in [-0.3, -0.25) is 19.3 Å². The second-order valence-electron chi connectivity index (χ2n) is 7.27. The number of hydrogen-bond acceptors (Lipinski definition) is 3. The molecule has 2 rings (SSSR count). The van der Waals surface area contributed by atoms with Gasteiger partial charge in [-0.15, -0.1) is 0 Å². The normalized spacial score (nSPS) is 15.8. The van der Waals surface area contributed by atoms with Gasteiger partial charge in [0.05, 0.1) is 6.54 Å². The first-order valence-corrected chi connectivity index (χ1v) is 9.10. The topological polar surface area (TPSA) is 66.5 Å². The summed E-state index contributed by atoms with van der Waals surface area (Å²) in [6, 6.07) is 7.24. The van der Waals surface area contributed by atoms with E-state index in [9.17, 15) is 14.4 Å². The van der Waals surface area contributed by atoms with Crippen LogP contribution in [0.3, 0.4) is 0 Å². The van der Waals surface area contributed by atoms with E-state index in [2.05, 4.69) is 19.2 Å². The first kappa shape index (κ1) is 19.2. The Morgan fingerprint density at radius 2 is 1.64 bits per heavy atom. The zero-order valence-electron chi connectivity index (χ0n) is 15.4. The van der Waals surface area contributed by atoms with E-state index in [4.69, 9.17) is 0 Å². The summed E-state index contributed by atoms with van der Waals surface area (Å²) in [6.07, 6.45) is 3.85. The molecule has 1 aliphatic rings. The monoisotopic (exact) mass is 344 g/mol. The van der Waals surface area contributed by atoms with Crippen molar-refractivity contribution in [2.75, 3.05) is 0 Å². The van der Waals surface area contributed by atoms with Gasteiger partial charge in [0.25, 0.3) is 5.91 Å². The predicted octanol–water partition coefficient (Wildman–Crippen LogP) is 3.28. The van der Waals surface area contributed by atoms with E-state index in [1.165, 1.54) is 11.3 Å². The summed E-state index contributed by atoms with van der Waals surface area (Å²) in [5.74, 6) is 0.353. The van der Waals surface area contributed by atoms with Gasteiger partial charge in [-0.2, -0.15) is 0 Å². The Labute approximate surface area is 149 Å². The molecule has 0 radical (unpaired) electrons. The van der Waals surface area contributed by atoms with Gasteiger partial charge < -0.3 is 5.32 Å². The van der Waals surface area contributed by atoms with Crippen LogP contribution in [-0.4, -0.2) is 28.7 Å². The van der Waals surface area contributed by atoms with Crippen LogP contribution in [0.4, 0.5) is 0 Å². The maximum absolute atomic E-state index is 12.3. The van der Waals surface area contributed by atoms with E-state index in [0.29, 0.717) is 24.3 Å². The molecule has 0 aliphatic carbocycles. The highest BCUT2D eigenvalue weighted by Crippen LogP contribution is 2.16. The molecule has 3 amide bonds. The van der Waals surface area contributed by atoms with Gasteiger partial charge in [-0.05, 0) is 37.0 Å². The van der Waals surface area contributed by atoms with Gasteiger partial charge in [0.1, 0.15) is 0 Å². The van der Waals surface area contributed by atoms with Crippen LogP contribution in [0.1, 0.15) is 68.8 Å². The Kier molecular flexibility index (Phi) is 6.73. The third kappa shape index (κ3) is 5.69. The molecular formula is C20H28N2O3. The molecule has 1 aromatic rings. The van der Waals surface area contributed by atoms with E-state index < -0.39 is 0 Å². The highest BCUT2D eigenvalue weighted by molar-refractivity contribution is 6.01. The molecule has 0 bridgehead atoms. The Hall–Kier alpha value is -2.17. The molecule has 1 N–H and O–H groups in total. The smallest absolute Gasteiger partial charge is 0.251 e. The Balaban J connectivity index is 1.85. The molecule has 0 spiro atoms. The van der Waals surface area contributed by atoms with Gasteiger partial charge in [0, 0.05) is 24.4 Å². The number of imide groups is 1. The molecule has 136 valence electrons. The molecule has 1 atom stereocenters. The Morgan fingerprint density at radius 1 is 1.04 bits per heavy atom. The van der Waals surface area contributed by atoms with Crippen molar-refractivity contribution in [2.45, 2.75) is 65.5 Å². The maximum Gasteiger partial charge on any atom is 0.251 e. The van der Waals surface area contributed by atoms with Crippen molar-refractivity contribution in [1.29, 1.82) is 0 Å². The van der Waals surface area contributed by atoms with E-state index in [1.54, 1.807) is 24.3 Å². The zero-order chi connectivity index (χ0) is 18.4. The average Bonchev–Trinajstić information content (AvgIpc) is 2.87. The molecule has 1 aliphatic heterocycles. The van der Waals surface area contributed by atoms with Crippen LogP contribution in [0.2, 0.25) is 0 Å². The van der Waals surface area contributed by atoms with Crippen molar-refractivity contribution in [3.8, 4) is 0 Å². The fourth-order valence-electron chi connectivity index (χ4n) is 2.95. The highest BCUT2D eigenvalue weighted by Gasteiger charge is 2.28. The lowest BCUT2D eigenvalue weighted by Gasteiger charge is -2.16. The first-order valence-electron chi connectivity index (χ1n) is 9.10. The van der Waals surface area contributed by atoms with Crippen molar-refractivity contribution in [3.63, 3.8) is 0 Å². The summed E-state index contributed by atoms with van der Waals surface area (Å²) < 4.78 is 0. The number of carbonyl (C=O) groups excluding carboxylic acids is 3. The van der Waals surface area contributed by atoms with E-state index >= 15 is 0 Å². The number of amides is 3. The summed E-state index contributed by atoms with van der Waals surface area (Å²) in [7, 11) is 0. The molecule has 5 nitrogen and oxygen atoms in total. The largest absolute Gasteiger partial charge is 0.350 e. The maximum atomic E-state index is 12.3. The van der Waals surface area contributed by atoms with Crippen molar-refractivity contribution >= 4 is 17.7 Å². The predicted molar refractivity (Wildman–Crippen MR) is 96.9 cm³/mol. The summed E-state index contributed by atoms with van der Waals surface area (Å²) in [5.41, 5.74) is 1.45. The summed E-state index contributed by atoms with van der Waals surface area (Å²) >= 11 is 0. The molecule has 0 aromatic heterocycles. The molecular weight excluding hydrogens is 316 g/mol. The third-order valence-electron chi connectivity index (χ3n) is 4.51. The molecule has 5 heteroatoms. The van der Waals surface area contributed by atoms with Crippen LogP contribution in [0.5, 0.6) is 0 Å². The number of rotatable bonds is 8. The fourth-order valence-corrected chi connectivity index (χ4v) is 2.95. The van der Waals surface area contributed by atoms with Gasteiger partial charge in [-0.1, -0.05) is 38.8 Å². The van der Waals surface area contributed by atoms with E-state index in [1.807, 2.05) is 6.92 Å². The minimum atomic E-state index is -0.123. The van der Waals surface area contributed by atoms with E-state index in [-0.39, 0.29) is 30.3 Å². The molecule has 1 heterocycles. The van der Waals surface area contributed by atoms with Gasteiger partial charge >= 0.3 is 0 Å². The second kappa shape index (κ2) is 8.79. The summed E-state index contributed by atoms with van der Waals surface area (Å²) in [5, 5.41) is 3.02. The van der Waals surface area contributed by atoms with E-state index in [0.717, 1.165) is 18.4 Å². The standard InChI is InChI=1S/C20H28N2O3/c1-14(2)5-4-6-15(3)21-20(25)17-9-7-16(8-10-17)13-22-18(23)11-12-19(22)24/h7-10,14-15H,4-6,11-13H2,1-3H3,(H,21,25)/t15-/m1/s1. The van der Waals surface area contributed by atoms with Gasteiger partial charge in [0.2, 0.25) is 11.8 Å². The minimum absolute atomic E-state index is 0.0862. The lowest BCUT2D eigenvalue weighted by Crippen LogP contribution is -2.32. The highest BCUT2D eigenvalue weighted by atomic mass is 16.2. The van der Waals surface area contributed by atoms with Crippen molar-refractivity contribution in [3.05, 3.63) is 35.4 Å². The second-order valence-corrected chi connectivity index (χ2v) is 7.27. The number of hydrogen-bond donors (Lipinski definition) is 1. The SMILES string of the molecule is CC(C)CCC[C@@H](C)NC(=O)c1ccc(CN2C(=O)CCC2=O)cc1. The summed E-state index contributed by atoms with van der Waals surface area (Å²) in [4.78, 5) is 36.9. The van der Waals surface area contributed by atoms with Crippen molar-refractivity contribution in [2.24, 2.45) is 5.92 Å². The fraction of sp³-hybridized carbons (Fsp3) is 0.550. The number of benzene rings is 1. The molecule has 1 fully saturated rings. The zero-order valence-corrected chi connectivity index (χ0v) is 15.4. The van der Waals surface area contributed by atoms with Gasteiger partial charge in [-0.25, -0.2) is 0 Å². The number of nitrogens with zero attached hydrogens (tertiary/aromatic N) is 1. The van der Waals surface area contributed by atoms with Crippen molar-refractivity contribution in [1.82, 2.24) is 10.2 Å². The number of nitrogens with one attached hydrogen (secondary N) is 1. The quantitative estimate of drug-likeness (QED) is 0.736. The number of carbonyl (C=O) groups is 3. The summed E-state index contributed by atoms with van der Waals surface area (Å²) in [6.45, 7) is 6.71. The lowest BCUT2D eigenvalue weighted by atomic mass is 10.0. The van der Waals surface area contributed by atoms with Crippen LogP contribution >= 0.6 is 0 Å². The first-order chi connectivity index (χ1) is 11.9. The number of likely N-dealkylation sites (tertiary alicyclic amines) is 1. The lowest BCUT2D eigenvalue weighted by molar-refractivity contribution is -0.139. The Morgan fingerprint density at radius 3 is 2.20 bits per heavy atom. The molecule has 25 heavy (non-hydrogen) atoms. The molecule has 1 saturated heterocycles. The van der Waals surface area contributed by atoms with Crippen molar-refractivity contribution < 1.29 is 14.4 Å². The Bertz CT molecular complexity index is 606. The van der Waals surface area contributed by atoms with Crippen LogP contribution in [0.25, 0.3) is 0 Å². The van der Waals surface area contributed by atoms with Crippen LogP contribution in [0, 0.1) is 5.92 Å².